The number of sulfonamides is 1. The number of hydrogen-bond acceptors (Lipinski definition) is 4. The molecule has 0 aromatic heterocycles. The lowest BCUT2D eigenvalue weighted by Gasteiger charge is -2.44. The van der Waals surface area contributed by atoms with Crippen molar-refractivity contribution in [2.45, 2.75) is 57.7 Å². The van der Waals surface area contributed by atoms with Gasteiger partial charge in [-0.05, 0) is 43.9 Å². The van der Waals surface area contributed by atoms with Crippen molar-refractivity contribution < 1.29 is 17.9 Å². The molecule has 6 nitrogen and oxygen atoms in total. The van der Waals surface area contributed by atoms with Crippen LogP contribution in [0.25, 0.3) is 0 Å². The molecule has 0 saturated carbocycles. The Labute approximate surface area is 185 Å². The summed E-state index contributed by atoms with van der Waals surface area (Å²) in [5, 5.41) is 0. The molecule has 0 radical (unpaired) electrons. The summed E-state index contributed by atoms with van der Waals surface area (Å²) in [6.07, 6.45) is 0.305. The van der Waals surface area contributed by atoms with Gasteiger partial charge in [0.25, 0.3) is 0 Å². The average Bonchev–Trinajstić information content (AvgIpc) is 2.72. The van der Waals surface area contributed by atoms with E-state index in [1.165, 1.54) is 4.31 Å². The van der Waals surface area contributed by atoms with Gasteiger partial charge in [0.2, 0.25) is 10.0 Å². The molecule has 168 valence electrons. The zero-order valence-electron chi connectivity index (χ0n) is 18.7. The smallest absolute Gasteiger partial charge is 0.410 e. The third-order valence-electron chi connectivity index (χ3n) is 5.57. The molecule has 1 aliphatic heterocycles. The Morgan fingerprint density at radius 3 is 2.32 bits per heavy atom. The Morgan fingerprint density at radius 1 is 1.06 bits per heavy atom. The first kappa shape index (κ1) is 23.3. The molecule has 2 aromatic rings. The molecule has 0 spiro atoms. The first-order valence-corrected chi connectivity index (χ1v) is 12.2. The summed E-state index contributed by atoms with van der Waals surface area (Å²) in [5.41, 5.74) is 1.93. The minimum absolute atomic E-state index is 0.197. The number of benzene rings is 2. The van der Waals surface area contributed by atoms with Crippen molar-refractivity contribution in [1.29, 1.82) is 0 Å². The largest absolute Gasteiger partial charge is 0.445 e. The maximum absolute atomic E-state index is 13.3. The highest BCUT2D eigenvalue weighted by Gasteiger charge is 2.41. The molecule has 31 heavy (non-hydrogen) atoms. The Balaban J connectivity index is 1.78. The number of carbonyl (C=O) groups is 1. The number of hydrogen-bond donors (Lipinski definition) is 0. The number of piperazine rings is 1. The van der Waals surface area contributed by atoms with E-state index in [1.807, 2.05) is 44.2 Å². The molecule has 2 atom stereocenters. The third kappa shape index (κ3) is 5.66. The number of aryl methyl sites for hydroxylation is 1. The Kier molecular flexibility index (Phi) is 7.38. The van der Waals surface area contributed by atoms with Gasteiger partial charge in [-0.2, -0.15) is 4.31 Å². The molecule has 3 rings (SSSR count). The van der Waals surface area contributed by atoms with Gasteiger partial charge in [0.05, 0.1) is 4.90 Å². The molecule has 1 aliphatic rings. The predicted molar refractivity (Wildman–Crippen MR) is 121 cm³/mol. The fraction of sp³-hybridized carbons (Fsp3) is 0.458. The van der Waals surface area contributed by atoms with E-state index >= 15 is 0 Å². The zero-order valence-corrected chi connectivity index (χ0v) is 19.5. The lowest BCUT2D eigenvalue weighted by Crippen LogP contribution is -2.61. The molecule has 0 unspecified atom stereocenters. The summed E-state index contributed by atoms with van der Waals surface area (Å²) in [5.74, 6) is 0.309. The summed E-state index contributed by atoms with van der Waals surface area (Å²) in [6.45, 7) is 8.66. The number of carbonyl (C=O) groups excluding carboxylic acids is 1. The molecule has 0 N–H and O–H groups in total. The van der Waals surface area contributed by atoms with Gasteiger partial charge < -0.3 is 4.74 Å². The highest BCUT2D eigenvalue weighted by Crippen LogP contribution is 2.27. The van der Waals surface area contributed by atoms with E-state index in [1.54, 1.807) is 29.2 Å². The van der Waals surface area contributed by atoms with Gasteiger partial charge in [0.15, 0.2) is 0 Å². The van der Waals surface area contributed by atoms with Crippen molar-refractivity contribution in [2.75, 3.05) is 13.1 Å². The molecule has 7 heteroatoms. The summed E-state index contributed by atoms with van der Waals surface area (Å²) in [7, 11) is -3.63. The first-order valence-electron chi connectivity index (χ1n) is 10.7. The Morgan fingerprint density at radius 2 is 1.71 bits per heavy atom. The van der Waals surface area contributed by atoms with E-state index in [2.05, 4.69) is 13.8 Å². The van der Waals surface area contributed by atoms with Crippen LogP contribution < -0.4 is 0 Å². The van der Waals surface area contributed by atoms with Crippen LogP contribution in [0.5, 0.6) is 0 Å². The average molecular weight is 445 g/mol. The summed E-state index contributed by atoms with van der Waals surface area (Å²) in [4.78, 5) is 15.0. The van der Waals surface area contributed by atoms with Crippen molar-refractivity contribution in [2.24, 2.45) is 5.92 Å². The minimum Gasteiger partial charge on any atom is -0.445 e. The molecular weight excluding hydrogens is 412 g/mol. The fourth-order valence-electron chi connectivity index (χ4n) is 4.05. The lowest BCUT2D eigenvalue weighted by molar-refractivity contribution is 0.0297. The molecule has 0 aliphatic carbocycles. The lowest BCUT2D eigenvalue weighted by atomic mass is 9.99. The van der Waals surface area contributed by atoms with Crippen LogP contribution in [0.1, 0.15) is 38.3 Å². The predicted octanol–water partition coefficient (Wildman–Crippen LogP) is 4.44. The van der Waals surface area contributed by atoms with Crippen LogP contribution in [0.4, 0.5) is 4.79 Å². The monoisotopic (exact) mass is 444 g/mol. The fourth-order valence-corrected chi connectivity index (χ4v) is 5.61. The quantitative estimate of drug-likeness (QED) is 0.661. The van der Waals surface area contributed by atoms with Gasteiger partial charge in [0.1, 0.15) is 6.61 Å². The second-order valence-electron chi connectivity index (χ2n) is 8.71. The van der Waals surface area contributed by atoms with Crippen LogP contribution in [0.15, 0.2) is 59.5 Å². The normalized spacial score (nSPS) is 20.1. The zero-order chi connectivity index (χ0) is 22.6. The second-order valence-corrected chi connectivity index (χ2v) is 10.7. The van der Waals surface area contributed by atoms with Crippen molar-refractivity contribution in [3.8, 4) is 0 Å². The van der Waals surface area contributed by atoms with Crippen LogP contribution >= 0.6 is 0 Å². The molecule has 0 bridgehead atoms. The van der Waals surface area contributed by atoms with Crippen molar-refractivity contribution in [3.05, 3.63) is 65.7 Å². The maximum Gasteiger partial charge on any atom is 0.410 e. The number of rotatable bonds is 6. The van der Waals surface area contributed by atoms with Gasteiger partial charge in [-0.15, -0.1) is 0 Å². The van der Waals surface area contributed by atoms with Crippen molar-refractivity contribution in [1.82, 2.24) is 9.21 Å². The van der Waals surface area contributed by atoms with Crippen LogP contribution in [0, 0.1) is 12.8 Å². The molecule has 2 aromatic carbocycles. The number of amides is 1. The van der Waals surface area contributed by atoms with Crippen molar-refractivity contribution >= 4 is 16.1 Å². The number of ether oxygens (including phenoxy) is 1. The molecule has 1 amide bonds. The van der Waals surface area contributed by atoms with Gasteiger partial charge in [0, 0.05) is 25.2 Å². The minimum atomic E-state index is -3.63. The second kappa shape index (κ2) is 9.83. The van der Waals surface area contributed by atoms with Crippen molar-refractivity contribution in [3.63, 3.8) is 0 Å². The molecular formula is C24H32N2O4S. The number of nitrogens with zero attached hydrogens (tertiary/aromatic N) is 2. The van der Waals surface area contributed by atoms with E-state index in [-0.39, 0.29) is 36.7 Å². The van der Waals surface area contributed by atoms with E-state index in [9.17, 15) is 13.2 Å². The van der Waals surface area contributed by atoms with Crippen LogP contribution in [-0.4, -0.2) is 48.9 Å². The van der Waals surface area contributed by atoms with Gasteiger partial charge in [-0.25, -0.2) is 13.2 Å². The Hall–Kier alpha value is -2.38. The Bertz CT molecular complexity index is 974. The summed E-state index contributed by atoms with van der Waals surface area (Å²) in [6, 6.07) is 15.9. The van der Waals surface area contributed by atoms with Crippen LogP contribution in [-0.2, 0) is 21.4 Å². The molecule has 1 saturated heterocycles. The van der Waals surface area contributed by atoms with Gasteiger partial charge in [-0.1, -0.05) is 61.9 Å². The van der Waals surface area contributed by atoms with Crippen LogP contribution in [0.2, 0.25) is 0 Å². The molecule has 1 fully saturated rings. The van der Waals surface area contributed by atoms with Crippen LogP contribution in [0.3, 0.4) is 0 Å². The first-order chi connectivity index (χ1) is 14.7. The summed E-state index contributed by atoms with van der Waals surface area (Å²) >= 11 is 0. The SMILES string of the molecule is Cc1ccc(S(=O)(=O)N2C[C@H](CC(C)C)N(C(=O)OCc3ccccc3)[C@@H](C)C2)cc1. The highest BCUT2D eigenvalue weighted by atomic mass is 32.2. The van der Waals surface area contributed by atoms with Gasteiger partial charge >= 0.3 is 6.09 Å². The highest BCUT2D eigenvalue weighted by molar-refractivity contribution is 7.89. The third-order valence-corrected chi connectivity index (χ3v) is 7.41. The summed E-state index contributed by atoms with van der Waals surface area (Å²) < 4.78 is 33.6. The van der Waals surface area contributed by atoms with Gasteiger partial charge in [-0.3, -0.25) is 4.90 Å². The maximum atomic E-state index is 13.3. The topological polar surface area (TPSA) is 66.9 Å². The van der Waals surface area contributed by atoms with E-state index in [0.717, 1.165) is 11.1 Å². The standard InChI is InChI=1S/C24H32N2O4S/c1-18(2)14-22-16-25(31(28,29)23-12-10-19(3)11-13-23)15-20(4)26(22)24(27)30-17-21-8-6-5-7-9-21/h5-13,18,20,22H,14-17H2,1-4H3/t20-,22-/m0/s1. The van der Waals surface area contributed by atoms with E-state index in [4.69, 9.17) is 4.74 Å². The van der Waals surface area contributed by atoms with E-state index in [0.29, 0.717) is 12.3 Å². The van der Waals surface area contributed by atoms with E-state index < -0.39 is 16.1 Å². The molecule has 1 heterocycles.